The van der Waals surface area contributed by atoms with Crippen LogP contribution >= 0.6 is 24.0 Å². The van der Waals surface area contributed by atoms with Crippen LogP contribution in [0.3, 0.4) is 0 Å². The second-order valence-corrected chi connectivity index (χ2v) is 5.66. The highest BCUT2D eigenvalue weighted by molar-refractivity contribution is 14.0. The number of halogens is 1. The third kappa shape index (κ3) is 3.07. The van der Waals surface area contributed by atoms with E-state index < -0.39 is 0 Å². The lowest BCUT2D eigenvalue weighted by Gasteiger charge is -2.38. The Bertz CT molecular complexity index is 483. The fourth-order valence-corrected chi connectivity index (χ4v) is 3.10. The lowest BCUT2D eigenvalue weighted by atomic mass is 9.68. The van der Waals surface area contributed by atoms with Gasteiger partial charge in [0.05, 0.1) is 6.54 Å². The standard InChI is InChI=1S/C13H21N5O.HI/c1-10-16-11(19-17-10)8-15-12(14-2)18-7-6-13(9-18)4-3-5-13;/h3-9H2,1-2H3,(H,14,15);1H. The maximum absolute atomic E-state index is 5.10. The largest absolute Gasteiger partial charge is 0.347 e. The van der Waals surface area contributed by atoms with Gasteiger partial charge in [-0.15, -0.1) is 24.0 Å². The van der Waals surface area contributed by atoms with Crippen LogP contribution in [0.2, 0.25) is 0 Å². The van der Waals surface area contributed by atoms with E-state index in [1.807, 2.05) is 14.0 Å². The maximum Gasteiger partial charge on any atom is 0.246 e. The van der Waals surface area contributed by atoms with Gasteiger partial charge in [-0.1, -0.05) is 11.6 Å². The van der Waals surface area contributed by atoms with Crippen molar-refractivity contribution in [2.45, 2.75) is 39.2 Å². The first-order valence-corrected chi connectivity index (χ1v) is 6.96. The molecule has 1 aliphatic heterocycles. The summed E-state index contributed by atoms with van der Waals surface area (Å²) < 4.78 is 5.10. The number of hydrogen-bond donors (Lipinski definition) is 1. The molecule has 0 radical (unpaired) electrons. The zero-order valence-electron chi connectivity index (χ0n) is 12.1. The Morgan fingerprint density at radius 3 is 2.75 bits per heavy atom. The second-order valence-electron chi connectivity index (χ2n) is 5.66. The molecule has 0 amide bonds. The van der Waals surface area contributed by atoms with Crippen molar-refractivity contribution in [2.24, 2.45) is 10.4 Å². The van der Waals surface area contributed by atoms with Gasteiger partial charge in [0.15, 0.2) is 11.8 Å². The van der Waals surface area contributed by atoms with Gasteiger partial charge in [0.1, 0.15) is 0 Å². The van der Waals surface area contributed by atoms with Crippen molar-refractivity contribution in [1.29, 1.82) is 0 Å². The molecule has 2 heterocycles. The van der Waals surface area contributed by atoms with Gasteiger partial charge in [0, 0.05) is 20.1 Å². The molecule has 0 atom stereocenters. The van der Waals surface area contributed by atoms with Crippen molar-refractivity contribution in [3.8, 4) is 0 Å². The molecule has 20 heavy (non-hydrogen) atoms. The average molecular weight is 391 g/mol. The van der Waals surface area contributed by atoms with Crippen molar-refractivity contribution in [3.63, 3.8) is 0 Å². The second kappa shape index (κ2) is 6.28. The Hall–Kier alpha value is -0.860. The molecule has 1 spiro atoms. The van der Waals surface area contributed by atoms with Gasteiger partial charge < -0.3 is 14.7 Å². The summed E-state index contributed by atoms with van der Waals surface area (Å²) in [5.41, 5.74) is 0.582. The van der Waals surface area contributed by atoms with Crippen LogP contribution in [0, 0.1) is 12.3 Å². The molecule has 3 rings (SSSR count). The topological polar surface area (TPSA) is 66.5 Å². The van der Waals surface area contributed by atoms with Crippen LogP contribution in [-0.2, 0) is 6.54 Å². The third-order valence-corrected chi connectivity index (χ3v) is 4.33. The minimum Gasteiger partial charge on any atom is -0.347 e. The third-order valence-electron chi connectivity index (χ3n) is 4.33. The number of guanidine groups is 1. The number of rotatable bonds is 2. The van der Waals surface area contributed by atoms with Crippen LogP contribution < -0.4 is 5.32 Å². The van der Waals surface area contributed by atoms with Crippen molar-refractivity contribution in [2.75, 3.05) is 20.1 Å². The van der Waals surface area contributed by atoms with Crippen LogP contribution in [0.4, 0.5) is 0 Å². The van der Waals surface area contributed by atoms with E-state index >= 15 is 0 Å². The highest BCUT2D eigenvalue weighted by atomic mass is 127. The monoisotopic (exact) mass is 391 g/mol. The first-order valence-electron chi connectivity index (χ1n) is 6.96. The zero-order valence-corrected chi connectivity index (χ0v) is 14.4. The molecule has 0 aromatic carbocycles. The van der Waals surface area contributed by atoms with Gasteiger partial charge in [-0.25, -0.2) is 0 Å². The number of aryl methyl sites for hydroxylation is 1. The molecule has 1 N–H and O–H groups in total. The zero-order chi connectivity index (χ0) is 13.3. The van der Waals surface area contributed by atoms with E-state index in [1.165, 1.54) is 25.7 Å². The van der Waals surface area contributed by atoms with Crippen LogP contribution in [0.1, 0.15) is 37.4 Å². The molecule has 2 fully saturated rings. The van der Waals surface area contributed by atoms with Crippen molar-refractivity contribution in [3.05, 3.63) is 11.7 Å². The molecule has 1 aromatic heterocycles. The predicted molar refractivity (Wildman–Crippen MR) is 87.1 cm³/mol. The molecular formula is C13H22IN5O. The normalized spacial score (nSPS) is 20.7. The Kier molecular flexibility index (Phi) is 4.87. The minimum absolute atomic E-state index is 0. The minimum atomic E-state index is 0. The summed E-state index contributed by atoms with van der Waals surface area (Å²) in [5, 5.41) is 7.09. The first kappa shape index (κ1) is 15.5. The first-order chi connectivity index (χ1) is 9.21. The van der Waals surface area contributed by atoms with E-state index in [-0.39, 0.29) is 24.0 Å². The van der Waals surface area contributed by atoms with E-state index in [4.69, 9.17) is 4.52 Å². The molecule has 6 nitrogen and oxygen atoms in total. The van der Waals surface area contributed by atoms with Gasteiger partial charge in [-0.05, 0) is 31.6 Å². The molecule has 1 saturated heterocycles. The van der Waals surface area contributed by atoms with E-state index in [0.29, 0.717) is 23.7 Å². The van der Waals surface area contributed by atoms with E-state index in [0.717, 1.165) is 19.0 Å². The van der Waals surface area contributed by atoms with Crippen LogP contribution in [-0.4, -0.2) is 41.1 Å². The maximum atomic E-state index is 5.10. The van der Waals surface area contributed by atoms with Gasteiger partial charge in [0.25, 0.3) is 0 Å². The number of nitrogens with one attached hydrogen (secondary N) is 1. The summed E-state index contributed by atoms with van der Waals surface area (Å²) in [7, 11) is 1.83. The molecule has 1 saturated carbocycles. The molecular weight excluding hydrogens is 369 g/mol. The van der Waals surface area contributed by atoms with Crippen LogP contribution in [0.15, 0.2) is 9.52 Å². The van der Waals surface area contributed by atoms with E-state index in [2.05, 4.69) is 25.3 Å². The summed E-state index contributed by atoms with van der Waals surface area (Å²) in [6.45, 7) is 4.59. The van der Waals surface area contributed by atoms with Crippen LogP contribution in [0.5, 0.6) is 0 Å². The van der Waals surface area contributed by atoms with E-state index in [1.54, 1.807) is 0 Å². The lowest BCUT2D eigenvalue weighted by molar-refractivity contribution is 0.151. The SMILES string of the molecule is CN=C(NCc1nc(C)no1)N1CCC2(CCC2)C1.I. The lowest BCUT2D eigenvalue weighted by Crippen LogP contribution is -2.42. The molecule has 1 aliphatic carbocycles. The number of aliphatic imine (C=N–C) groups is 1. The summed E-state index contributed by atoms with van der Waals surface area (Å²) >= 11 is 0. The Morgan fingerprint density at radius 1 is 1.45 bits per heavy atom. The number of aromatic nitrogens is 2. The fraction of sp³-hybridized carbons (Fsp3) is 0.769. The van der Waals surface area contributed by atoms with Crippen molar-refractivity contribution in [1.82, 2.24) is 20.4 Å². The smallest absolute Gasteiger partial charge is 0.246 e. The molecule has 112 valence electrons. The summed E-state index contributed by atoms with van der Waals surface area (Å²) in [4.78, 5) is 10.9. The number of hydrogen-bond acceptors (Lipinski definition) is 4. The number of likely N-dealkylation sites (tertiary alicyclic amines) is 1. The molecule has 2 aliphatic rings. The molecule has 0 unspecified atom stereocenters. The highest BCUT2D eigenvalue weighted by Crippen LogP contribution is 2.47. The quantitative estimate of drug-likeness (QED) is 0.474. The fourth-order valence-electron chi connectivity index (χ4n) is 3.10. The summed E-state index contributed by atoms with van der Waals surface area (Å²) in [5.74, 6) is 2.22. The van der Waals surface area contributed by atoms with Crippen molar-refractivity contribution < 1.29 is 4.52 Å². The molecule has 1 aromatic rings. The number of nitrogens with zero attached hydrogens (tertiary/aromatic N) is 4. The summed E-state index contributed by atoms with van der Waals surface area (Å²) in [6, 6.07) is 0. The van der Waals surface area contributed by atoms with Gasteiger partial charge in [0.2, 0.25) is 5.89 Å². The molecule has 7 heteroatoms. The Balaban J connectivity index is 0.00000147. The highest BCUT2D eigenvalue weighted by Gasteiger charge is 2.43. The molecule has 0 bridgehead atoms. The van der Waals surface area contributed by atoms with Gasteiger partial charge >= 0.3 is 0 Å². The average Bonchev–Trinajstić information content (AvgIpc) is 2.96. The Morgan fingerprint density at radius 2 is 2.25 bits per heavy atom. The van der Waals surface area contributed by atoms with E-state index in [9.17, 15) is 0 Å². The van der Waals surface area contributed by atoms with Gasteiger partial charge in [-0.3, -0.25) is 4.99 Å². The Labute approximate surface area is 136 Å². The predicted octanol–water partition coefficient (Wildman–Crippen LogP) is 1.95. The van der Waals surface area contributed by atoms with Crippen molar-refractivity contribution >= 4 is 29.9 Å². The van der Waals surface area contributed by atoms with Crippen LogP contribution in [0.25, 0.3) is 0 Å². The summed E-state index contributed by atoms with van der Waals surface area (Å²) in [6.07, 6.45) is 5.45. The van der Waals surface area contributed by atoms with Gasteiger partial charge in [-0.2, -0.15) is 4.98 Å².